The quantitative estimate of drug-likeness (QED) is 0.889. The third-order valence-electron chi connectivity index (χ3n) is 2.87. The summed E-state index contributed by atoms with van der Waals surface area (Å²) in [7, 11) is 1.68. The van der Waals surface area contributed by atoms with Crippen LogP contribution in [0.25, 0.3) is 0 Å². The lowest BCUT2D eigenvalue weighted by Gasteiger charge is -2.21. The van der Waals surface area contributed by atoms with Gasteiger partial charge in [-0.15, -0.1) is 0 Å². The number of benzene rings is 1. The zero-order valence-corrected chi connectivity index (χ0v) is 13.4. The molecule has 112 valence electrons. The molecule has 0 radical (unpaired) electrons. The van der Waals surface area contributed by atoms with Crippen molar-refractivity contribution in [3.05, 3.63) is 28.8 Å². The summed E-state index contributed by atoms with van der Waals surface area (Å²) in [5.41, 5.74) is 3.24. The van der Waals surface area contributed by atoms with Crippen molar-refractivity contribution >= 4 is 6.03 Å². The zero-order valence-electron chi connectivity index (χ0n) is 13.4. The Morgan fingerprint density at radius 1 is 1.25 bits per heavy atom. The predicted molar refractivity (Wildman–Crippen MR) is 82.5 cm³/mol. The molecular formula is C16H26N2O2. The number of ether oxygens (including phenoxy) is 1. The molecular weight excluding hydrogens is 252 g/mol. The average molecular weight is 278 g/mol. The van der Waals surface area contributed by atoms with Crippen LogP contribution in [0.15, 0.2) is 12.1 Å². The smallest absolute Gasteiger partial charge is 0.315 e. The van der Waals surface area contributed by atoms with Crippen LogP contribution in [-0.2, 0) is 6.42 Å². The van der Waals surface area contributed by atoms with Crippen molar-refractivity contribution in [1.29, 1.82) is 0 Å². The summed E-state index contributed by atoms with van der Waals surface area (Å²) >= 11 is 0. The van der Waals surface area contributed by atoms with E-state index in [0.29, 0.717) is 6.54 Å². The fourth-order valence-corrected chi connectivity index (χ4v) is 2.22. The highest BCUT2D eigenvalue weighted by atomic mass is 16.5. The second-order valence-electron chi connectivity index (χ2n) is 6.16. The third-order valence-corrected chi connectivity index (χ3v) is 2.87. The van der Waals surface area contributed by atoms with Gasteiger partial charge < -0.3 is 15.4 Å². The molecule has 2 amide bonds. The summed E-state index contributed by atoms with van der Waals surface area (Å²) in [4.78, 5) is 11.7. The zero-order chi connectivity index (χ0) is 15.3. The standard InChI is InChI=1S/C16H26N2O2/c1-11-9-12(2)14(20-6)13(10-11)7-8-17-15(19)18-16(3,4)5/h9-10H,7-8H2,1-6H3,(H2,17,18,19). The molecule has 20 heavy (non-hydrogen) atoms. The van der Waals surface area contributed by atoms with Gasteiger partial charge in [0.05, 0.1) is 7.11 Å². The Kier molecular flexibility index (Phi) is 5.43. The number of hydrogen-bond acceptors (Lipinski definition) is 2. The summed E-state index contributed by atoms with van der Waals surface area (Å²) in [5, 5.41) is 5.75. The van der Waals surface area contributed by atoms with Crippen LogP contribution in [0.4, 0.5) is 4.79 Å². The maximum atomic E-state index is 11.7. The van der Waals surface area contributed by atoms with Gasteiger partial charge in [-0.05, 0) is 52.2 Å². The lowest BCUT2D eigenvalue weighted by molar-refractivity contribution is 0.232. The predicted octanol–water partition coefficient (Wildman–Crippen LogP) is 2.95. The topological polar surface area (TPSA) is 50.4 Å². The van der Waals surface area contributed by atoms with Crippen molar-refractivity contribution in [2.24, 2.45) is 0 Å². The lowest BCUT2D eigenvalue weighted by Crippen LogP contribution is -2.46. The molecule has 0 aliphatic carbocycles. The maximum absolute atomic E-state index is 11.7. The van der Waals surface area contributed by atoms with E-state index < -0.39 is 0 Å². The second-order valence-corrected chi connectivity index (χ2v) is 6.16. The van der Waals surface area contributed by atoms with Crippen LogP contribution in [0, 0.1) is 13.8 Å². The summed E-state index contributed by atoms with van der Waals surface area (Å²) in [6, 6.07) is 4.07. The molecule has 1 aromatic carbocycles. The van der Waals surface area contributed by atoms with Crippen LogP contribution >= 0.6 is 0 Å². The summed E-state index contributed by atoms with van der Waals surface area (Å²) in [6.07, 6.45) is 0.753. The highest BCUT2D eigenvalue weighted by Crippen LogP contribution is 2.25. The van der Waals surface area contributed by atoms with Gasteiger partial charge in [0.1, 0.15) is 5.75 Å². The number of carbonyl (C=O) groups excluding carboxylic acids is 1. The Hall–Kier alpha value is -1.71. The first kappa shape index (κ1) is 16.3. The highest BCUT2D eigenvalue weighted by molar-refractivity contribution is 5.74. The molecule has 0 aliphatic rings. The van der Waals surface area contributed by atoms with Gasteiger partial charge >= 0.3 is 6.03 Å². The van der Waals surface area contributed by atoms with E-state index >= 15 is 0 Å². The SMILES string of the molecule is COc1c(C)cc(C)cc1CCNC(=O)NC(C)(C)C. The van der Waals surface area contributed by atoms with Crippen LogP contribution < -0.4 is 15.4 Å². The van der Waals surface area contributed by atoms with Crippen LogP contribution in [0.2, 0.25) is 0 Å². The molecule has 0 fully saturated rings. The molecule has 4 nitrogen and oxygen atoms in total. The van der Waals surface area contributed by atoms with Crippen molar-refractivity contribution < 1.29 is 9.53 Å². The highest BCUT2D eigenvalue weighted by Gasteiger charge is 2.13. The Morgan fingerprint density at radius 3 is 2.45 bits per heavy atom. The van der Waals surface area contributed by atoms with Gasteiger partial charge in [-0.1, -0.05) is 17.7 Å². The molecule has 1 rings (SSSR count). The molecule has 1 aromatic rings. The number of amides is 2. The molecule has 0 atom stereocenters. The first-order valence-electron chi connectivity index (χ1n) is 6.93. The number of aryl methyl sites for hydroxylation is 2. The van der Waals surface area contributed by atoms with Gasteiger partial charge in [-0.25, -0.2) is 4.79 Å². The molecule has 0 saturated heterocycles. The third kappa shape index (κ3) is 5.11. The van der Waals surface area contributed by atoms with Crippen LogP contribution in [0.1, 0.15) is 37.5 Å². The van der Waals surface area contributed by atoms with E-state index in [2.05, 4.69) is 29.7 Å². The van der Waals surface area contributed by atoms with Crippen molar-refractivity contribution in [2.75, 3.05) is 13.7 Å². The molecule has 0 unspecified atom stereocenters. The summed E-state index contributed by atoms with van der Waals surface area (Å²) in [6.45, 7) is 10.6. The molecule has 0 saturated carbocycles. The Balaban J connectivity index is 2.60. The number of carbonyl (C=O) groups is 1. The van der Waals surface area contributed by atoms with E-state index in [9.17, 15) is 4.79 Å². The van der Waals surface area contributed by atoms with Gasteiger partial charge in [-0.3, -0.25) is 0 Å². The maximum Gasteiger partial charge on any atom is 0.315 e. The Bertz CT molecular complexity index is 476. The number of urea groups is 1. The Labute approximate surface area is 121 Å². The molecule has 0 heterocycles. The van der Waals surface area contributed by atoms with E-state index in [1.807, 2.05) is 27.7 Å². The fourth-order valence-electron chi connectivity index (χ4n) is 2.22. The van der Waals surface area contributed by atoms with Crippen molar-refractivity contribution in [1.82, 2.24) is 10.6 Å². The lowest BCUT2D eigenvalue weighted by atomic mass is 10.0. The van der Waals surface area contributed by atoms with Crippen LogP contribution in [0.3, 0.4) is 0 Å². The van der Waals surface area contributed by atoms with Crippen molar-refractivity contribution in [2.45, 2.75) is 46.6 Å². The van der Waals surface area contributed by atoms with Crippen molar-refractivity contribution in [3.8, 4) is 5.75 Å². The van der Waals surface area contributed by atoms with E-state index in [4.69, 9.17) is 4.74 Å². The monoisotopic (exact) mass is 278 g/mol. The van der Waals surface area contributed by atoms with Gasteiger partial charge in [0.2, 0.25) is 0 Å². The molecule has 0 aromatic heterocycles. The first-order valence-corrected chi connectivity index (χ1v) is 6.93. The molecule has 0 spiro atoms. The molecule has 0 aliphatic heterocycles. The van der Waals surface area contributed by atoms with E-state index in [1.165, 1.54) is 5.56 Å². The Morgan fingerprint density at radius 2 is 1.90 bits per heavy atom. The minimum absolute atomic E-state index is 0.138. The van der Waals surface area contributed by atoms with Crippen LogP contribution in [-0.4, -0.2) is 25.2 Å². The first-order chi connectivity index (χ1) is 9.23. The summed E-state index contributed by atoms with van der Waals surface area (Å²) < 4.78 is 5.44. The van der Waals surface area contributed by atoms with Crippen molar-refractivity contribution in [3.63, 3.8) is 0 Å². The minimum atomic E-state index is -0.221. The number of hydrogen-bond donors (Lipinski definition) is 2. The van der Waals surface area contributed by atoms with E-state index in [-0.39, 0.29) is 11.6 Å². The fraction of sp³-hybridized carbons (Fsp3) is 0.562. The number of methoxy groups -OCH3 is 1. The summed E-state index contributed by atoms with van der Waals surface area (Å²) in [5.74, 6) is 0.911. The van der Waals surface area contributed by atoms with Gasteiger partial charge in [0.25, 0.3) is 0 Å². The number of rotatable bonds is 4. The normalized spacial score (nSPS) is 11.1. The average Bonchev–Trinajstić information content (AvgIpc) is 2.25. The van der Waals surface area contributed by atoms with Crippen LogP contribution in [0.5, 0.6) is 5.75 Å². The minimum Gasteiger partial charge on any atom is -0.496 e. The van der Waals surface area contributed by atoms with E-state index in [1.54, 1.807) is 7.11 Å². The molecule has 4 heteroatoms. The van der Waals surface area contributed by atoms with Gasteiger partial charge in [-0.2, -0.15) is 0 Å². The van der Waals surface area contributed by atoms with Gasteiger partial charge in [0.15, 0.2) is 0 Å². The number of nitrogens with one attached hydrogen (secondary N) is 2. The molecule has 0 bridgehead atoms. The van der Waals surface area contributed by atoms with E-state index in [0.717, 1.165) is 23.3 Å². The molecule has 2 N–H and O–H groups in total. The second kappa shape index (κ2) is 6.64. The largest absolute Gasteiger partial charge is 0.496 e. The van der Waals surface area contributed by atoms with Gasteiger partial charge in [0, 0.05) is 12.1 Å².